The number of rotatable bonds is 3. The normalized spacial score (nSPS) is 11.1. The minimum absolute atomic E-state index is 0.175. The second-order valence-electron chi connectivity index (χ2n) is 5.19. The molecule has 120 valence electrons. The fourth-order valence-corrected chi connectivity index (χ4v) is 2.56. The first kappa shape index (κ1) is 15.6. The van der Waals surface area contributed by atoms with Crippen molar-refractivity contribution in [3.8, 4) is 5.69 Å². The SMILES string of the molecule is Cc1nc2c(/C=C/C(=O)NO)cccc2c(=O)n1-c1ccccc1. The quantitative estimate of drug-likeness (QED) is 0.440. The maximum Gasteiger partial charge on any atom is 0.267 e. The Kier molecular flexibility index (Phi) is 4.22. The molecular weight excluding hydrogens is 306 g/mol. The Morgan fingerprint density at radius 2 is 1.92 bits per heavy atom. The number of aromatic nitrogens is 2. The monoisotopic (exact) mass is 321 g/mol. The smallest absolute Gasteiger partial charge is 0.267 e. The predicted molar refractivity (Wildman–Crippen MR) is 91.0 cm³/mol. The van der Waals surface area contributed by atoms with Crippen LogP contribution in [0.25, 0.3) is 22.7 Å². The van der Waals surface area contributed by atoms with Gasteiger partial charge in [-0.2, -0.15) is 0 Å². The van der Waals surface area contributed by atoms with E-state index in [1.165, 1.54) is 17.6 Å². The van der Waals surface area contributed by atoms with Gasteiger partial charge in [-0.3, -0.25) is 19.4 Å². The van der Waals surface area contributed by atoms with Gasteiger partial charge in [0.2, 0.25) is 0 Å². The molecule has 6 nitrogen and oxygen atoms in total. The summed E-state index contributed by atoms with van der Waals surface area (Å²) in [5.74, 6) is -0.104. The number of hydrogen-bond donors (Lipinski definition) is 2. The summed E-state index contributed by atoms with van der Waals surface area (Å²) in [4.78, 5) is 28.6. The van der Waals surface area contributed by atoms with Crippen molar-refractivity contribution in [3.05, 3.63) is 76.3 Å². The minimum Gasteiger partial charge on any atom is -0.288 e. The van der Waals surface area contributed by atoms with E-state index in [-0.39, 0.29) is 5.56 Å². The summed E-state index contributed by atoms with van der Waals surface area (Å²) in [6.45, 7) is 1.76. The maximum absolute atomic E-state index is 12.9. The lowest BCUT2D eigenvalue weighted by Gasteiger charge is -2.11. The van der Waals surface area contributed by atoms with E-state index in [2.05, 4.69) is 4.98 Å². The molecule has 0 aliphatic carbocycles. The standard InChI is InChI=1S/C18H15N3O3/c1-12-19-17-13(10-11-16(22)20-24)6-5-9-15(17)18(23)21(12)14-7-3-2-4-8-14/h2-11,24H,1H3,(H,20,22)/b11-10+. The van der Waals surface area contributed by atoms with E-state index in [1.807, 2.05) is 30.3 Å². The van der Waals surface area contributed by atoms with Gasteiger partial charge in [-0.1, -0.05) is 30.3 Å². The van der Waals surface area contributed by atoms with Crippen LogP contribution < -0.4 is 11.0 Å². The Labute approximate surface area is 137 Å². The zero-order valence-corrected chi connectivity index (χ0v) is 12.9. The van der Waals surface area contributed by atoms with Crippen LogP contribution in [0.1, 0.15) is 11.4 Å². The van der Waals surface area contributed by atoms with E-state index in [0.29, 0.717) is 22.3 Å². The van der Waals surface area contributed by atoms with Crippen molar-refractivity contribution < 1.29 is 10.0 Å². The van der Waals surface area contributed by atoms with Crippen LogP contribution in [-0.2, 0) is 4.79 Å². The van der Waals surface area contributed by atoms with Gasteiger partial charge < -0.3 is 0 Å². The Balaban J connectivity index is 2.23. The number of nitrogens with zero attached hydrogens (tertiary/aromatic N) is 2. The lowest BCUT2D eigenvalue weighted by molar-refractivity contribution is -0.124. The topological polar surface area (TPSA) is 84.2 Å². The molecule has 0 aliphatic heterocycles. The third kappa shape index (κ3) is 2.82. The second kappa shape index (κ2) is 6.47. The van der Waals surface area contributed by atoms with Gasteiger partial charge in [-0.25, -0.2) is 10.5 Å². The fourth-order valence-electron chi connectivity index (χ4n) is 2.56. The Morgan fingerprint density at radius 1 is 1.17 bits per heavy atom. The van der Waals surface area contributed by atoms with Crippen LogP contribution >= 0.6 is 0 Å². The fraction of sp³-hybridized carbons (Fsp3) is 0.0556. The van der Waals surface area contributed by atoms with E-state index in [0.717, 1.165) is 5.69 Å². The van der Waals surface area contributed by atoms with E-state index in [1.54, 1.807) is 29.7 Å². The predicted octanol–water partition coefficient (Wildman–Crippen LogP) is 2.21. The molecule has 2 aromatic carbocycles. The molecule has 0 spiro atoms. The number of benzene rings is 2. The van der Waals surface area contributed by atoms with Gasteiger partial charge in [0.05, 0.1) is 16.6 Å². The summed E-state index contributed by atoms with van der Waals surface area (Å²) in [6.07, 6.45) is 2.68. The van der Waals surface area contributed by atoms with Crippen LogP contribution in [0.15, 0.2) is 59.4 Å². The van der Waals surface area contributed by atoms with Crippen LogP contribution in [-0.4, -0.2) is 20.7 Å². The number of carbonyl (C=O) groups is 1. The molecule has 1 amide bonds. The van der Waals surface area contributed by atoms with Crippen LogP contribution in [0, 0.1) is 6.92 Å². The summed E-state index contributed by atoms with van der Waals surface area (Å²) in [5, 5.41) is 9.01. The largest absolute Gasteiger partial charge is 0.288 e. The third-order valence-corrected chi connectivity index (χ3v) is 3.64. The van der Waals surface area contributed by atoms with Crippen molar-refractivity contribution in [2.45, 2.75) is 6.92 Å². The highest BCUT2D eigenvalue weighted by Gasteiger charge is 2.11. The van der Waals surface area contributed by atoms with Gasteiger partial charge in [0.15, 0.2) is 0 Å². The van der Waals surface area contributed by atoms with E-state index in [9.17, 15) is 9.59 Å². The molecular formula is C18H15N3O3. The number of carbonyl (C=O) groups excluding carboxylic acids is 1. The highest BCUT2D eigenvalue weighted by Crippen LogP contribution is 2.17. The van der Waals surface area contributed by atoms with Crippen molar-refractivity contribution in [1.82, 2.24) is 15.0 Å². The first-order valence-corrected chi connectivity index (χ1v) is 7.32. The number of amides is 1. The molecule has 24 heavy (non-hydrogen) atoms. The van der Waals surface area contributed by atoms with Crippen molar-refractivity contribution in [1.29, 1.82) is 0 Å². The molecule has 0 saturated heterocycles. The van der Waals surface area contributed by atoms with Crippen LogP contribution in [0.4, 0.5) is 0 Å². The molecule has 2 N–H and O–H groups in total. The Bertz CT molecular complexity index is 992. The summed E-state index contributed by atoms with van der Waals surface area (Å²) >= 11 is 0. The molecule has 0 unspecified atom stereocenters. The molecule has 3 aromatic rings. The summed E-state index contributed by atoms with van der Waals surface area (Å²) < 4.78 is 1.55. The molecule has 3 rings (SSSR count). The van der Waals surface area contributed by atoms with Crippen molar-refractivity contribution in [2.75, 3.05) is 0 Å². The number of hydroxylamine groups is 1. The van der Waals surface area contributed by atoms with Crippen molar-refractivity contribution in [3.63, 3.8) is 0 Å². The first-order chi connectivity index (χ1) is 11.6. The maximum atomic E-state index is 12.9. The van der Waals surface area contributed by atoms with E-state index >= 15 is 0 Å². The number of fused-ring (bicyclic) bond motifs is 1. The molecule has 0 fully saturated rings. The number of hydrogen-bond acceptors (Lipinski definition) is 4. The van der Waals surface area contributed by atoms with Gasteiger partial charge in [0, 0.05) is 11.6 Å². The Morgan fingerprint density at radius 3 is 2.62 bits per heavy atom. The lowest BCUT2D eigenvalue weighted by atomic mass is 10.1. The van der Waals surface area contributed by atoms with E-state index in [4.69, 9.17) is 5.21 Å². The number of aryl methyl sites for hydroxylation is 1. The molecule has 1 heterocycles. The van der Waals surface area contributed by atoms with Gasteiger partial charge in [-0.05, 0) is 31.2 Å². The lowest BCUT2D eigenvalue weighted by Crippen LogP contribution is -2.22. The molecule has 0 bridgehead atoms. The molecule has 0 atom stereocenters. The average molecular weight is 321 g/mol. The minimum atomic E-state index is -0.652. The summed E-state index contributed by atoms with van der Waals surface area (Å²) in [5.41, 5.74) is 3.22. The second-order valence-corrected chi connectivity index (χ2v) is 5.19. The Hall–Kier alpha value is -3.25. The number of nitrogens with one attached hydrogen (secondary N) is 1. The zero-order valence-electron chi connectivity index (χ0n) is 12.9. The van der Waals surface area contributed by atoms with Crippen LogP contribution in [0.3, 0.4) is 0 Å². The average Bonchev–Trinajstić information content (AvgIpc) is 2.60. The first-order valence-electron chi connectivity index (χ1n) is 7.32. The summed E-state index contributed by atoms with van der Waals surface area (Å²) in [7, 11) is 0. The third-order valence-electron chi connectivity index (χ3n) is 3.64. The van der Waals surface area contributed by atoms with Gasteiger partial charge >= 0.3 is 0 Å². The van der Waals surface area contributed by atoms with Crippen molar-refractivity contribution in [2.24, 2.45) is 0 Å². The highest BCUT2D eigenvalue weighted by molar-refractivity contribution is 5.94. The van der Waals surface area contributed by atoms with E-state index < -0.39 is 5.91 Å². The van der Waals surface area contributed by atoms with Crippen molar-refractivity contribution >= 4 is 22.9 Å². The van der Waals surface area contributed by atoms with Gasteiger partial charge in [0.1, 0.15) is 5.82 Å². The molecule has 0 aliphatic rings. The van der Waals surface area contributed by atoms with Crippen LogP contribution in [0.2, 0.25) is 0 Å². The van der Waals surface area contributed by atoms with Gasteiger partial charge in [0.25, 0.3) is 11.5 Å². The molecule has 1 aromatic heterocycles. The highest BCUT2D eigenvalue weighted by atomic mass is 16.5. The molecule has 6 heteroatoms. The molecule has 0 radical (unpaired) electrons. The summed E-state index contributed by atoms with van der Waals surface area (Å²) in [6, 6.07) is 14.5. The van der Waals surface area contributed by atoms with Crippen LogP contribution in [0.5, 0.6) is 0 Å². The zero-order chi connectivity index (χ0) is 17.1. The molecule has 0 saturated carbocycles. The van der Waals surface area contributed by atoms with Gasteiger partial charge in [-0.15, -0.1) is 0 Å². The number of para-hydroxylation sites is 2.